The molecule has 5 aromatic carbocycles. The van der Waals surface area contributed by atoms with Crippen LogP contribution in [0.1, 0.15) is 5.56 Å². The lowest BCUT2D eigenvalue weighted by atomic mass is 10.1. The number of rotatable bonds is 9. The second-order valence-corrected chi connectivity index (χ2v) is 13.1. The van der Waals surface area contributed by atoms with Crippen LogP contribution in [-0.4, -0.2) is 29.3 Å². The van der Waals surface area contributed by atoms with Crippen LogP contribution in [0.3, 0.4) is 0 Å². The normalized spacial score (nSPS) is 12.1. The average molecular weight is 640 g/mol. The summed E-state index contributed by atoms with van der Waals surface area (Å²) < 4.78 is 96.4. The van der Waals surface area contributed by atoms with Gasteiger partial charge in [-0.3, -0.25) is 13.8 Å². The molecule has 0 heterocycles. The summed E-state index contributed by atoms with van der Waals surface area (Å²) in [5, 5.41) is 4.03. The molecule has 0 unspecified atom stereocenters. The van der Waals surface area contributed by atoms with Crippen LogP contribution in [0.5, 0.6) is 0 Å². The Bertz CT molecular complexity index is 2030. The van der Waals surface area contributed by atoms with Gasteiger partial charge >= 0.3 is 6.18 Å². The zero-order chi connectivity index (χ0) is 31.5. The molecule has 0 aromatic heterocycles. The maximum Gasteiger partial charge on any atom is 0.416 e. The minimum atomic E-state index is -4.75. The van der Waals surface area contributed by atoms with Crippen molar-refractivity contribution in [2.75, 3.05) is 20.9 Å². The summed E-state index contributed by atoms with van der Waals surface area (Å²) in [5.74, 6) is -0.869. The van der Waals surface area contributed by atoms with Gasteiger partial charge in [-0.25, -0.2) is 16.8 Å². The number of sulfonamides is 2. The number of fused-ring (bicyclic) bond motifs is 1. The van der Waals surface area contributed by atoms with Gasteiger partial charge in [0.1, 0.15) is 6.54 Å². The molecule has 0 aliphatic heterocycles. The summed E-state index contributed by atoms with van der Waals surface area (Å²) in [6.07, 6.45) is -4.75. The van der Waals surface area contributed by atoms with Crippen LogP contribution >= 0.6 is 0 Å². The molecule has 0 saturated carbocycles. The van der Waals surface area contributed by atoms with E-state index in [1.807, 2.05) is 18.2 Å². The highest BCUT2D eigenvalue weighted by molar-refractivity contribution is 7.93. The second-order valence-electron chi connectivity index (χ2n) is 9.58. The van der Waals surface area contributed by atoms with E-state index < -0.39 is 44.2 Å². The van der Waals surface area contributed by atoms with Gasteiger partial charge in [0.15, 0.2) is 0 Å². The number of carbonyl (C=O) groups is 1. The summed E-state index contributed by atoms with van der Waals surface area (Å²) in [6, 6.07) is 28.3. The van der Waals surface area contributed by atoms with Crippen LogP contribution in [0.4, 0.5) is 30.2 Å². The van der Waals surface area contributed by atoms with E-state index in [4.69, 9.17) is 0 Å². The molecule has 0 spiro atoms. The van der Waals surface area contributed by atoms with Crippen LogP contribution in [0.15, 0.2) is 131 Å². The Morgan fingerprint density at radius 1 is 0.705 bits per heavy atom. The number of benzene rings is 5. The van der Waals surface area contributed by atoms with Crippen molar-refractivity contribution < 1.29 is 34.8 Å². The van der Waals surface area contributed by atoms with Crippen molar-refractivity contribution in [3.8, 4) is 0 Å². The topological polar surface area (TPSA) is 113 Å². The first-order valence-corrected chi connectivity index (χ1v) is 15.9. The van der Waals surface area contributed by atoms with E-state index in [2.05, 4.69) is 10.0 Å². The van der Waals surface area contributed by atoms with Crippen LogP contribution in [0.25, 0.3) is 10.8 Å². The lowest BCUT2D eigenvalue weighted by molar-refractivity contribution is -0.137. The largest absolute Gasteiger partial charge is 0.416 e. The fraction of sp³-hybridized carbons (Fsp3) is 0.0645. The number of amides is 1. The highest BCUT2D eigenvalue weighted by Gasteiger charge is 2.33. The zero-order valence-corrected chi connectivity index (χ0v) is 24.3. The van der Waals surface area contributed by atoms with Crippen molar-refractivity contribution in [2.24, 2.45) is 0 Å². The molecule has 5 rings (SSSR count). The minimum absolute atomic E-state index is 0.0966. The first-order valence-electron chi connectivity index (χ1n) is 13.0. The number of hydrogen-bond donors (Lipinski definition) is 2. The number of carbonyl (C=O) groups excluding carboxylic acids is 1. The van der Waals surface area contributed by atoms with E-state index in [-0.39, 0.29) is 21.2 Å². The van der Waals surface area contributed by atoms with E-state index in [9.17, 15) is 34.8 Å². The SMILES string of the molecule is O=C(CN(c1cccc(C(F)(F)F)c1)S(=O)(=O)c1ccccc1)Nc1ccc(S(=O)(=O)Nc2cccc3ccccc23)cc1. The van der Waals surface area contributed by atoms with Gasteiger partial charge < -0.3 is 5.32 Å². The van der Waals surface area contributed by atoms with Crippen molar-refractivity contribution in [1.82, 2.24) is 0 Å². The Labute approximate surface area is 251 Å². The number of nitrogens with one attached hydrogen (secondary N) is 2. The Kier molecular flexibility index (Phi) is 8.35. The van der Waals surface area contributed by atoms with E-state index in [1.165, 1.54) is 48.5 Å². The number of anilines is 3. The summed E-state index contributed by atoms with van der Waals surface area (Å²) in [4.78, 5) is 12.7. The minimum Gasteiger partial charge on any atom is -0.325 e. The molecule has 13 heteroatoms. The third-order valence-electron chi connectivity index (χ3n) is 6.56. The quantitative estimate of drug-likeness (QED) is 0.191. The zero-order valence-electron chi connectivity index (χ0n) is 22.7. The fourth-order valence-corrected chi connectivity index (χ4v) is 6.95. The summed E-state index contributed by atoms with van der Waals surface area (Å²) in [6.45, 7) is -0.860. The maximum atomic E-state index is 13.5. The average Bonchev–Trinajstić information content (AvgIpc) is 3.00. The monoisotopic (exact) mass is 639 g/mol. The van der Waals surface area contributed by atoms with E-state index in [0.717, 1.165) is 23.6 Å². The molecule has 0 bridgehead atoms. The van der Waals surface area contributed by atoms with Crippen LogP contribution < -0.4 is 14.3 Å². The first-order chi connectivity index (χ1) is 20.8. The third kappa shape index (κ3) is 6.68. The summed E-state index contributed by atoms with van der Waals surface area (Å²) >= 11 is 0. The molecular formula is C31H24F3N3O5S2. The number of alkyl halides is 3. The van der Waals surface area contributed by atoms with E-state index in [1.54, 1.807) is 30.3 Å². The Morgan fingerprint density at radius 3 is 2.05 bits per heavy atom. The molecule has 0 saturated heterocycles. The van der Waals surface area contributed by atoms with Crippen LogP contribution in [0, 0.1) is 0 Å². The smallest absolute Gasteiger partial charge is 0.325 e. The predicted octanol–water partition coefficient (Wildman–Crippen LogP) is 6.49. The van der Waals surface area contributed by atoms with Gasteiger partial charge in [-0.05, 0) is 66.0 Å². The molecule has 5 aromatic rings. The molecule has 0 fully saturated rings. The van der Waals surface area contributed by atoms with E-state index in [0.29, 0.717) is 21.4 Å². The van der Waals surface area contributed by atoms with Crippen molar-refractivity contribution in [2.45, 2.75) is 16.0 Å². The van der Waals surface area contributed by atoms with E-state index >= 15 is 0 Å². The molecule has 2 N–H and O–H groups in total. The lowest BCUT2D eigenvalue weighted by Gasteiger charge is -2.25. The van der Waals surface area contributed by atoms with Gasteiger partial charge in [0, 0.05) is 11.1 Å². The van der Waals surface area contributed by atoms with Gasteiger partial charge in [0.05, 0.1) is 26.7 Å². The molecule has 0 radical (unpaired) electrons. The number of hydrogen-bond acceptors (Lipinski definition) is 5. The second kappa shape index (κ2) is 12.0. The molecule has 1 amide bonds. The summed E-state index contributed by atoms with van der Waals surface area (Å²) in [5.41, 5.74) is -0.924. The number of halogens is 3. The molecule has 0 aliphatic rings. The molecule has 226 valence electrons. The summed E-state index contributed by atoms with van der Waals surface area (Å²) in [7, 11) is -8.47. The predicted molar refractivity (Wildman–Crippen MR) is 162 cm³/mol. The fourth-order valence-electron chi connectivity index (χ4n) is 4.44. The lowest BCUT2D eigenvalue weighted by Crippen LogP contribution is -2.38. The third-order valence-corrected chi connectivity index (χ3v) is 9.73. The van der Waals surface area contributed by atoms with Gasteiger partial charge in [-0.15, -0.1) is 0 Å². The Hall–Kier alpha value is -4.88. The van der Waals surface area contributed by atoms with Gasteiger partial charge in [0.25, 0.3) is 20.0 Å². The van der Waals surface area contributed by atoms with Crippen molar-refractivity contribution >= 4 is 53.8 Å². The van der Waals surface area contributed by atoms with Gasteiger partial charge in [0.2, 0.25) is 5.91 Å². The molecule has 0 atom stereocenters. The van der Waals surface area contributed by atoms with Gasteiger partial charge in [-0.1, -0.05) is 60.7 Å². The van der Waals surface area contributed by atoms with Crippen molar-refractivity contribution in [1.29, 1.82) is 0 Å². The molecule has 8 nitrogen and oxygen atoms in total. The number of nitrogens with zero attached hydrogens (tertiary/aromatic N) is 1. The first kappa shape index (κ1) is 30.6. The highest BCUT2D eigenvalue weighted by Crippen LogP contribution is 2.33. The van der Waals surface area contributed by atoms with Crippen LogP contribution in [-0.2, 0) is 31.0 Å². The van der Waals surface area contributed by atoms with Crippen molar-refractivity contribution in [3.05, 3.63) is 127 Å². The van der Waals surface area contributed by atoms with Crippen molar-refractivity contribution in [3.63, 3.8) is 0 Å². The molecular weight excluding hydrogens is 615 g/mol. The Balaban J connectivity index is 1.37. The standard InChI is InChI=1S/C31H24F3N3O5S2/c32-31(33,34)23-10-7-11-25(20-23)37(44(41,42)27-12-2-1-3-13-27)21-30(38)35-24-16-18-26(19-17-24)43(39,40)36-29-15-6-9-22-8-4-5-14-28(22)29/h1-20,36H,21H2,(H,35,38). The molecule has 44 heavy (non-hydrogen) atoms. The van der Waals surface area contributed by atoms with Crippen LogP contribution in [0.2, 0.25) is 0 Å². The molecule has 0 aliphatic carbocycles. The van der Waals surface area contributed by atoms with Gasteiger partial charge in [-0.2, -0.15) is 13.2 Å². The Morgan fingerprint density at radius 2 is 1.34 bits per heavy atom. The maximum absolute atomic E-state index is 13.5. The highest BCUT2D eigenvalue weighted by atomic mass is 32.2.